The summed E-state index contributed by atoms with van der Waals surface area (Å²) in [6, 6.07) is 9.22. The SMILES string of the molecule is CCNC(Cc1ccc(F)cc1Br)c1cc(F)ccc1Br. The van der Waals surface area contributed by atoms with Gasteiger partial charge in [-0.1, -0.05) is 44.8 Å². The smallest absolute Gasteiger partial charge is 0.124 e. The van der Waals surface area contributed by atoms with Crippen molar-refractivity contribution in [2.24, 2.45) is 0 Å². The highest BCUT2D eigenvalue weighted by atomic mass is 79.9. The van der Waals surface area contributed by atoms with E-state index in [1.165, 1.54) is 24.3 Å². The first-order chi connectivity index (χ1) is 10.0. The molecule has 0 aromatic heterocycles. The lowest BCUT2D eigenvalue weighted by molar-refractivity contribution is 0.539. The molecule has 2 aromatic carbocycles. The molecule has 0 aliphatic rings. The van der Waals surface area contributed by atoms with Crippen molar-refractivity contribution in [3.8, 4) is 0 Å². The number of halogens is 4. The lowest BCUT2D eigenvalue weighted by atomic mass is 9.98. The minimum Gasteiger partial charge on any atom is -0.310 e. The van der Waals surface area contributed by atoms with Crippen LogP contribution in [0, 0.1) is 11.6 Å². The highest BCUT2D eigenvalue weighted by Crippen LogP contribution is 2.29. The predicted octanol–water partition coefficient (Wildman–Crippen LogP) is 5.38. The third kappa shape index (κ3) is 4.34. The summed E-state index contributed by atoms with van der Waals surface area (Å²) >= 11 is 6.84. The highest BCUT2D eigenvalue weighted by molar-refractivity contribution is 9.10. The Morgan fingerprint density at radius 3 is 2.33 bits per heavy atom. The van der Waals surface area contributed by atoms with Gasteiger partial charge in [-0.15, -0.1) is 0 Å². The molecule has 0 radical (unpaired) electrons. The standard InChI is InChI=1S/C16H15Br2F2N/c1-2-21-16(13-8-11(19)5-6-14(13)17)7-10-3-4-12(20)9-15(10)18/h3-6,8-9,16,21H,2,7H2,1H3. The van der Waals surface area contributed by atoms with E-state index in [0.717, 1.165) is 26.6 Å². The fourth-order valence-electron chi connectivity index (χ4n) is 2.23. The molecular weight excluding hydrogens is 404 g/mol. The van der Waals surface area contributed by atoms with Gasteiger partial charge in [-0.05, 0) is 54.4 Å². The largest absolute Gasteiger partial charge is 0.310 e. The maximum absolute atomic E-state index is 13.5. The average molecular weight is 419 g/mol. The van der Waals surface area contributed by atoms with Gasteiger partial charge in [0.1, 0.15) is 11.6 Å². The van der Waals surface area contributed by atoms with Crippen molar-refractivity contribution < 1.29 is 8.78 Å². The minimum atomic E-state index is -0.280. The van der Waals surface area contributed by atoms with Gasteiger partial charge in [-0.25, -0.2) is 8.78 Å². The fraction of sp³-hybridized carbons (Fsp3) is 0.250. The van der Waals surface area contributed by atoms with Gasteiger partial charge in [-0.2, -0.15) is 0 Å². The molecule has 21 heavy (non-hydrogen) atoms. The van der Waals surface area contributed by atoms with Gasteiger partial charge in [0, 0.05) is 15.0 Å². The molecule has 1 N–H and O–H groups in total. The first-order valence-electron chi connectivity index (χ1n) is 6.63. The second-order valence-corrected chi connectivity index (χ2v) is 6.42. The molecule has 0 saturated carbocycles. The third-order valence-electron chi connectivity index (χ3n) is 3.22. The van der Waals surface area contributed by atoms with Crippen LogP contribution in [0.4, 0.5) is 8.78 Å². The monoisotopic (exact) mass is 417 g/mol. The Labute approximate surface area is 140 Å². The van der Waals surface area contributed by atoms with Gasteiger partial charge >= 0.3 is 0 Å². The van der Waals surface area contributed by atoms with E-state index in [1.807, 2.05) is 6.92 Å². The molecule has 112 valence electrons. The average Bonchev–Trinajstić information content (AvgIpc) is 2.44. The molecule has 1 nitrogen and oxygen atoms in total. The van der Waals surface area contributed by atoms with E-state index in [9.17, 15) is 8.78 Å². The van der Waals surface area contributed by atoms with Crippen LogP contribution in [0.1, 0.15) is 24.1 Å². The van der Waals surface area contributed by atoms with Crippen LogP contribution in [0.5, 0.6) is 0 Å². The second kappa shape index (κ2) is 7.47. The molecule has 2 rings (SSSR count). The van der Waals surface area contributed by atoms with E-state index in [1.54, 1.807) is 12.1 Å². The van der Waals surface area contributed by atoms with Crippen LogP contribution in [-0.2, 0) is 6.42 Å². The van der Waals surface area contributed by atoms with Crippen molar-refractivity contribution in [3.05, 3.63) is 68.1 Å². The third-order valence-corrected chi connectivity index (χ3v) is 4.68. The molecule has 2 aromatic rings. The van der Waals surface area contributed by atoms with E-state index in [4.69, 9.17) is 0 Å². The van der Waals surface area contributed by atoms with Crippen molar-refractivity contribution in [2.45, 2.75) is 19.4 Å². The molecule has 0 spiro atoms. The summed E-state index contributed by atoms with van der Waals surface area (Å²) in [7, 11) is 0. The molecule has 0 fully saturated rings. The van der Waals surface area contributed by atoms with Crippen molar-refractivity contribution in [1.29, 1.82) is 0 Å². The van der Waals surface area contributed by atoms with E-state index in [2.05, 4.69) is 37.2 Å². The second-order valence-electron chi connectivity index (χ2n) is 4.72. The fourth-order valence-corrected chi connectivity index (χ4v) is 3.26. The van der Waals surface area contributed by atoms with E-state index in [0.29, 0.717) is 6.42 Å². The first-order valence-corrected chi connectivity index (χ1v) is 8.22. The zero-order chi connectivity index (χ0) is 15.4. The van der Waals surface area contributed by atoms with Crippen LogP contribution in [0.25, 0.3) is 0 Å². The predicted molar refractivity (Wildman–Crippen MR) is 88.3 cm³/mol. The molecule has 0 bridgehead atoms. The van der Waals surface area contributed by atoms with Crippen LogP contribution in [0.15, 0.2) is 45.3 Å². The van der Waals surface area contributed by atoms with Crippen molar-refractivity contribution in [1.82, 2.24) is 5.32 Å². The Kier molecular flexibility index (Phi) is 5.90. The summed E-state index contributed by atoms with van der Waals surface area (Å²) in [6.45, 7) is 2.76. The number of benzene rings is 2. The maximum Gasteiger partial charge on any atom is 0.124 e. The summed E-state index contributed by atoms with van der Waals surface area (Å²) in [5.74, 6) is -0.549. The van der Waals surface area contributed by atoms with Crippen LogP contribution >= 0.6 is 31.9 Å². The van der Waals surface area contributed by atoms with E-state index >= 15 is 0 Å². The van der Waals surface area contributed by atoms with Gasteiger partial charge in [0.15, 0.2) is 0 Å². The zero-order valence-corrected chi connectivity index (χ0v) is 14.6. The molecule has 1 atom stereocenters. The Balaban J connectivity index is 2.32. The van der Waals surface area contributed by atoms with Crippen LogP contribution < -0.4 is 5.32 Å². The zero-order valence-electron chi connectivity index (χ0n) is 11.5. The summed E-state index contributed by atoms with van der Waals surface area (Å²) in [5.41, 5.74) is 1.83. The quantitative estimate of drug-likeness (QED) is 0.686. The van der Waals surface area contributed by atoms with Crippen LogP contribution in [0.2, 0.25) is 0 Å². The number of hydrogen-bond acceptors (Lipinski definition) is 1. The lowest BCUT2D eigenvalue weighted by Gasteiger charge is -2.20. The summed E-state index contributed by atoms with van der Waals surface area (Å²) < 4.78 is 28.3. The number of rotatable bonds is 5. The molecule has 1 unspecified atom stereocenters. The van der Waals surface area contributed by atoms with Crippen molar-refractivity contribution in [3.63, 3.8) is 0 Å². The molecular formula is C16H15Br2F2N. The molecule has 0 heterocycles. The maximum atomic E-state index is 13.5. The van der Waals surface area contributed by atoms with Crippen molar-refractivity contribution in [2.75, 3.05) is 6.54 Å². The highest BCUT2D eigenvalue weighted by Gasteiger charge is 2.16. The summed E-state index contributed by atoms with van der Waals surface area (Å²) in [5, 5.41) is 3.35. The molecule has 5 heteroatoms. The van der Waals surface area contributed by atoms with Gasteiger partial charge in [0.2, 0.25) is 0 Å². The van der Waals surface area contributed by atoms with Gasteiger partial charge in [0.25, 0.3) is 0 Å². The Morgan fingerprint density at radius 1 is 1.00 bits per heavy atom. The number of likely N-dealkylation sites (N-methyl/N-ethyl adjacent to an activating group) is 1. The van der Waals surface area contributed by atoms with Crippen LogP contribution in [0.3, 0.4) is 0 Å². The number of nitrogens with one attached hydrogen (secondary N) is 1. The topological polar surface area (TPSA) is 12.0 Å². The minimum absolute atomic E-state index is 0.0539. The Bertz CT molecular complexity index is 632. The molecule has 0 saturated heterocycles. The van der Waals surface area contributed by atoms with E-state index in [-0.39, 0.29) is 17.7 Å². The van der Waals surface area contributed by atoms with Crippen LogP contribution in [-0.4, -0.2) is 6.54 Å². The van der Waals surface area contributed by atoms with E-state index < -0.39 is 0 Å². The molecule has 0 aliphatic carbocycles. The van der Waals surface area contributed by atoms with Crippen molar-refractivity contribution >= 4 is 31.9 Å². The summed E-state index contributed by atoms with van der Waals surface area (Å²) in [6.07, 6.45) is 0.636. The van der Waals surface area contributed by atoms with Gasteiger partial charge in [-0.3, -0.25) is 0 Å². The first kappa shape index (κ1) is 16.6. The van der Waals surface area contributed by atoms with Gasteiger partial charge in [0.05, 0.1) is 0 Å². The Hall–Kier alpha value is -0.780. The Morgan fingerprint density at radius 2 is 1.67 bits per heavy atom. The number of hydrogen-bond donors (Lipinski definition) is 1. The normalized spacial score (nSPS) is 12.4. The van der Waals surface area contributed by atoms with Gasteiger partial charge < -0.3 is 5.32 Å². The molecule has 0 aliphatic heterocycles. The lowest BCUT2D eigenvalue weighted by Crippen LogP contribution is -2.23. The summed E-state index contributed by atoms with van der Waals surface area (Å²) in [4.78, 5) is 0. The molecule has 0 amide bonds.